The van der Waals surface area contributed by atoms with Crippen molar-refractivity contribution in [2.75, 3.05) is 0 Å². The highest BCUT2D eigenvalue weighted by Crippen LogP contribution is 2.39. The predicted octanol–water partition coefficient (Wildman–Crippen LogP) is 3.35. The molecule has 2 aromatic rings. The highest BCUT2D eigenvalue weighted by Gasteiger charge is 2.51. The van der Waals surface area contributed by atoms with Crippen LogP contribution in [0.15, 0.2) is 22.7 Å². The number of carbonyl (C=O) groups is 3. The van der Waals surface area contributed by atoms with Gasteiger partial charge in [0.25, 0.3) is 5.89 Å². The highest BCUT2D eigenvalue weighted by molar-refractivity contribution is 6.07. The van der Waals surface area contributed by atoms with Gasteiger partial charge in [0, 0.05) is 5.56 Å². The van der Waals surface area contributed by atoms with Crippen LogP contribution in [0.5, 0.6) is 0 Å². The second kappa shape index (κ2) is 8.20. The van der Waals surface area contributed by atoms with Crippen LogP contribution in [0, 0.1) is 24.6 Å². The van der Waals surface area contributed by atoms with Gasteiger partial charge in [-0.2, -0.15) is 4.98 Å². The van der Waals surface area contributed by atoms with Gasteiger partial charge in [-0.1, -0.05) is 30.1 Å². The number of hydrogen-bond donors (Lipinski definition) is 0. The molecule has 2 fully saturated rings. The molecule has 1 aromatic carbocycles. The number of likely N-dealkylation sites (tertiary alicyclic amines) is 1. The van der Waals surface area contributed by atoms with E-state index in [1.165, 1.54) is 13.0 Å². The lowest BCUT2D eigenvalue weighted by Crippen LogP contribution is -2.44. The Morgan fingerprint density at radius 3 is 2.45 bits per heavy atom. The zero-order chi connectivity index (χ0) is 22.3. The van der Waals surface area contributed by atoms with Gasteiger partial charge in [0.1, 0.15) is 11.9 Å². The van der Waals surface area contributed by atoms with Crippen LogP contribution in [0.4, 0.5) is 4.39 Å². The lowest BCUT2D eigenvalue weighted by Gasteiger charge is -2.22. The average Bonchev–Trinajstić information content (AvgIpc) is 3.34. The molecule has 2 aliphatic rings. The Morgan fingerprint density at radius 2 is 1.84 bits per heavy atom. The first-order chi connectivity index (χ1) is 14.8. The van der Waals surface area contributed by atoms with E-state index in [-0.39, 0.29) is 35.4 Å². The van der Waals surface area contributed by atoms with E-state index < -0.39 is 23.9 Å². The zero-order valence-corrected chi connectivity index (χ0v) is 17.6. The van der Waals surface area contributed by atoms with E-state index in [2.05, 4.69) is 10.1 Å². The molecule has 164 valence electrons. The van der Waals surface area contributed by atoms with Crippen LogP contribution in [0.3, 0.4) is 0 Å². The Kier molecular flexibility index (Phi) is 5.60. The van der Waals surface area contributed by atoms with Crippen LogP contribution in [-0.4, -0.2) is 38.9 Å². The van der Waals surface area contributed by atoms with Crippen molar-refractivity contribution in [1.29, 1.82) is 0 Å². The Balaban J connectivity index is 1.44. The number of carbonyl (C=O) groups excluding carboxylic acids is 3. The molecule has 8 nitrogen and oxygen atoms in total. The second-order valence-corrected chi connectivity index (χ2v) is 8.22. The number of benzene rings is 1. The Bertz CT molecular complexity index is 1010. The molecule has 0 spiro atoms. The van der Waals surface area contributed by atoms with Crippen LogP contribution in [0.25, 0.3) is 11.4 Å². The second-order valence-electron chi connectivity index (χ2n) is 8.22. The van der Waals surface area contributed by atoms with Gasteiger partial charge >= 0.3 is 5.97 Å². The minimum absolute atomic E-state index is 0.0317. The number of nitrogens with zero attached hydrogens (tertiary/aromatic N) is 3. The summed E-state index contributed by atoms with van der Waals surface area (Å²) in [7, 11) is 0. The molecule has 3 unspecified atom stereocenters. The minimum Gasteiger partial charge on any atom is -0.451 e. The van der Waals surface area contributed by atoms with Gasteiger partial charge in [-0.05, 0) is 45.2 Å². The number of rotatable bonds is 5. The summed E-state index contributed by atoms with van der Waals surface area (Å²) < 4.78 is 24.4. The summed E-state index contributed by atoms with van der Waals surface area (Å²) in [5.74, 6) is -2.18. The maximum Gasteiger partial charge on any atom is 0.329 e. The molecule has 2 heterocycles. The molecule has 0 bridgehead atoms. The minimum atomic E-state index is -1.04. The Hall–Kier alpha value is -3.10. The van der Waals surface area contributed by atoms with E-state index >= 15 is 0 Å². The number of halogens is 1. The lowest BCUT2D eigenvalue weighted by atomic mass is 9.81. The number of ether oxygens (including phenoxy) is 1. The van der Waals surface area contributed by atoms with E-state index in [0.717, 1.165) is 17.7 Å². The normalized spacial score (nSPS) is 22.9. The molecule has 1 aliphatic carbocycles. The molecule has 9 heteroatoms. The maximum atomic E-state index is 13.8. The summed E-state index contributed by atoms with van der Waals surface area (Å²) in [5, 5.41) is 3.82. The van der Waals surface area contributed by atoms with Gasteiger partial charge in [0.15, 0.2) is 6.10 Å². The summed E-state index contributed by atoms with van der Waals surface area (Å²) in [5.41, 5.74) is 0.926. The first kappa shape index (κ1) is 21.1. The Labute approximate surface area is 178 Å². The van der Waals surface area contributed by atoms with Gasteiger partial charge in [0.05, 0.1) is 11.8 Å². The van der Waals surface area contributed by atoms with Gasteiger partial charge in [-0.15, -0.1) is 0 Å². The molecule has 4 atom stereocenters. The number of fused-ring (bicyclic) bond motifs is 1. The monoisotopic (exact) mass is 429 g/mol. The van der Waals surface area contributed by atoms with Crippen molar-refractivity contribution in [2.45, 2.75) is 58.6 Å². The molecule has 31 heavy (non-hydrogen) atoms. The van der Waals surface area contributed by atoms with Crippen molar-refractivity contribution in [1.82, 2.24) is 15.0 Å². The fourth-order valence-corrected chi connectivity index (χ4v) is 4.25. The number of amides is 2. The van der Waals surface area contributed by atoms with Crippen molar-refractivity contribution in [3.63, 3.8) is 0 Å². The third-order valence-corrected chi connectivity index (χ3v) is 6.12. The molecular weight excluding hydrogens is 405 g/mol. The summed E-state index contributed by atoms with van der Waals surface area (Å²) in [6.07, 6.45) is 2.27. The van der Waals surface area contributed by atoms with Gasteiger partial charge in [-0.25, -0.2) is 9.18 Å². The van der Waals surface area contributed by atoms with Crippen molar-refractivity contribution >= 4 is 17.8 Å². The summed E-state index contributed by atoms with van der Waals surface area (Å²) in [6.45, 7) is 4.68. The van der Waals surface area contributed by atoms with Gasteiger partial charge in [-0.3, -0.25) is 14.5 Å². The topological polar surface area (TPSA) is 103 Å². The molecule has 1 saturated heterocycles. The van der Waals surface area contributed by atoms with Crippen molar-refractivity contribution in [3.05, 3.63) is 35.5 Å². The molecule has 1 aliphatic heterocycles. The largest absolute Gasteiger partial charge is 0.451 e. The number of imide groups is 1. The fourth-order valence-electron chi connectivity index (χ4n) is 4.25. The predicted molar refractivity (Wildman–Crippen MR) is 106 cm³/mol. The maximum absolute atomic E-state index is 13.8. The fraction of sp³-hybridized carbons (Fsp3) is 0.500. The third kappa shape index (κ3) is 3.84. The quantitative estimate of drug-likeness (QED) is 0.530. The molecule has 0 radical (unpaired) electrons. The van der Waals surface area contributed by atoms with E-state index in [0.29, 0.717) is 24.0 Å². The third-order valence-electron chi connectivity index (χ3n) is 6.12. The molecule has 4 rings (SSSR count). The van der Waals surface area contributed by atoms with E-state index in [9.17, 15) is 18.8 Å². The van der Waals surface area contributed by atoms with Gasteiger partial charge in [0.2, 0.25) is 17.6 Å². The van der Waals surface area contributed by atoms with Crippen LogP contribution in [0.1, 0.15) is 57.1 Å². The van der Waals surface area contributed by atoms with Crippen LogP contribution in [0.2, 0.25) is 0 Å². The van der Waals surface area contributed by atoms with Crippen LogP contribution >= 0.6 is 0 Å². The van der Waals surface area contributed by atoms with Crippen LogP contribution in [-0.2, 0) is 19.1 Å². The highest BCUT2D eigenvalue weighted by atomic mass is 19.1. The summed E-state index contributed by atoms with van der Waals surface area (Å²) in [6, 6.07) is 3.53. The summed E-state index contributed by atoms with van der Waals surface area (Å²) >= 11 is 0. The molecule has 2 amide bonds. The van der Waals surface area contributed by atoms with Crippen molar-refractivity contribution < 1.29 is 28.0 Å². The van der Waals surface area contributed by atoms with Crippen molar-refractivity contribution in [3.8, 4) is 11.4 Å². The SMILES string of the molecule is Cc1ccc(-c2noc(C(C)OC(=O)[C@H](C)N3C(=O)C4CCCCC4C3=O)n2)cc1F. The van der Waals surface area contributed by atoms with Crippen molar-refractivity contribution in [2.24, 2.45) is 11.8 Å². The Morgan fingerprint density at radius 1 is 1.19 bits per heavy atom. The van der Waals surface area contributed by atoms with E-state index in [1.54, 1.807) is 26.0 Å². The van der Waals surface area contributed by atoms with E-state index in [1.807, 2.05) is 0 Å². The lowest BCUT2D eigenvalue weighted by molar-refractivity contribution is -0.162. The number of aryl methyl sites for hydroxylation is 1. The standard InChI is InChI=1S/C22H24FN3O5/c1-11-8-9-14(10-17(11)23)18-24-19(31-25-18)13(3)30-22(29)12(2)26-20(27)15-6-4-5-7-16(15)21(26)28/h8-10,12-13,15-16H,4-7H2,1-3H3/t12-,13?,15?,16?/m0/s1. The molecular formula is C22H24FN3O5. The van der Waals surface area contributed by atoms with Gasteiger partial charge < -0.3 is 9.26 Å². The van der Waals surface area contributed by atoms with E-state index in [4.69, 9.17) is 9.26 Å². The average molecular weight is 429 g/mol. The zero-order valence-electron chi connectivity index (χ0n) is 17.6. The molecule has 1 saturated carbocycles. The first-order valence-electron chi connectivity index (χ1n) is 10.5. The number of esters is 1. The number of hydrogen-bond acceptors (Lipinski definition) is 7. The molecule has 1 aromatic heterocycles. The number of aromatic nitrogens is 2. The summed E-state index contributed by atoms with van der Waals surface area (Å²) in [4.78, 5) is 43.3. The smallest absolute Gasteiger partial charge is 0.329 e. The first-order valence-corrected chi connectivity index (χ1v) is 10.5. The molecule has 0 N–H and O–H groups in total. The van der Waals surface area contributed by atoms with Crippen LogP contribution < -0.4 is 0 Å².